The summed E-state index contributed by atoms with van der Waals surface area (Å²) in [6, 6.07) is 21.8. The summed E-state index contributed by atoms with van der Waals surface area (Å²) in [7, 11) is 1.66. The summed E-state index contributed by atoms with van der Waals surface area (Å²) in [4.78, 5) is 0. The Morgan fingerprint density at radius 3 is 2.59 bits per heavy atom. The van der Waals surface area contributed by atoms with E-state index in [0.29, 0.717) is 5.56 Å². The van der Waals surface area contributed by atoms with Crippen LogP contribution in [0.4, 0.5) is 5.69 Å². The Morgan fingerprint density at radius 1 is 1.00 bits per heavy atom. The first kappa shape index (κ1) is 16.7. The fourth-order valence-corrected chi connectivity index (χ4v) is 3.43. The van der Waals surface area contributed by atoms with Crippen molar-refractivity contribution in [3.05, 3.63) is 78.0 Å². The van der Waals surface area contributed by atoms with E-state index >= 15 is 0 Å². The van der Waals surface area contributed by atoms with Gasteiger partial charge in [-0.25, -0.2) is 0 Å². The van der Waals surface area contributed by atoms with E-state index in [1.165, 1.54) is 0 Å². The van der Waals surface area contributed by atoms with Crippen LogP contribution in [0, 0.1) is 18.3 Å². The highest BCUT2D eigenvalue weighted by atomic mass is 16.5. The molecule has 1 aromatic heterocycles. The molecule has 0 atom stereocenters. The number of hydrogen-bond acceptors (Lipinski definition) is 3. The Hall–Kier alpha value is -3.71. The summed E-state index contributed by atoms with van der Waals surface area (Å²) in [6.07, 6.45) is 2.10. The summed E-state index contributed by atoms with van der Waals surface area (Å²) in [5.74, 6) is 0.796. The van der Waals surface area contributed by atoms with Gasteiger partial charge in [-0.3, -0.25) is 0 Å². The van der Waals surface area contributed by atoms with Crippen molar-refractivity contribution in [2.45, 2.75) is 6.92 Å². The van der Waals surface area contributed by atoms with Crippen LogP contribution >= 0.6 is 0 Å². The predicted octanol–water partition coefficient (Wildman–Crippen LogP) is 5.07. The van der Waals surface area contributed by atoms with E-state index in [-0.39, 0.29) is 0 Å². The standard InChI is InChI=1S/C23H19N3O/c1-15-19(7-4-8-22(15)25)21-14-26(17-5-3-6-18(12-17)27-2)23-10-9-16(13-24)11-20(21)23/h3-12,14H,25H2,1-2H3. The first-order valence-corrected chi connectivity index (χ1v) is 8.67. The number of nitriles is 1. The number of hydrogen-bond donors (Lipinski definition) is 1. The SMILES string of the molecule is COc1cccc(-n2cc(-c3cccc(N)c3C)c3cc(C#N)ccc32)c1. The van der Waals surface area contributed by atoms with Crippen LogP contribution in [0.1, 0.15) is 11.1 Å². The van der Waals surface area contributed by atoms with E-state index in [2.05, 4.69) is 22.9 Å². The second-order valence-electron chi connectivity index (χ2n) is 6.48. The zero-order chi connectivity index (χ0) is 19.0. The van der Waals surface area contributed by atoms with Crippen LogP contribution in [0.15, 0.2) is 66.9 Å². The van der Waals surface area contributed by atoms with Crippen molar-refractivity contribution in [1.82, 2.24) is 4.57 Å². The summed E-state index contributed by atoms with van der Waals surface area (Å²) < 4.78 is 7.50. The lowest BCUT2D eigenvalue weighted by molar-refractivity contribution is 0.414. The van der Waals surface area contributed by atoms with Crippen molar-refractivity contribution in [2.75, 3.05) is 12.8 Å². The zero-order valence-corrected chi connectivity index (χ0v) is 15.2. The molecule has 0 aliphatic rings. The maximum Gasteiger partial charge on any atom is 0.120 e. The lowest BCUT2D eigenvalue weighted by atomic mass is 9.98. The molecule has 0 aliphatic carbocycles. The minimum absolute atomic E-state index is 0.633. The Balaban J connectivity index is 2.04. The van der Waals surface area contributed by atoms with Gasteiger partial charge in [0.2, 0.25) is 0 Å². The molecule has 2 N–H and O–H groups in total. The van der Waals surface area contributed by atoms with Gasteiger partial charge in [-0.15, -0.1) is 0 Å². The molecule has 132 valence electrons. The number of methoxy groups -OCH3 is 1. The van der Waals surface area contributed by atoms with Gasteiger partial charge in [-0.05, 0) is 54.4 Å². The lowest BCUT2D eigenvalue weighted by Crippen LogP contribution is -1.93. The van der Waals surface area contributed by atoms with Gasteiger partial charge in [0.1, 0.15) is 5.75 Å². The molecule has 3 aromatic carbocycles. The van der Waals surface area contributed by atoms with E-state index in [1.807, 2.05) is 61.5 Å². The smallest absolute Gasteiger partial charge is 0.120 e. The number of benzene rings is 3. The third-order valence-corrected chi connectivity index (χ3v) is 4.93. The fraction of sp³-hybridized carbons (Fsp3) is 0.0870. The molecule has 0 amide bonds. The van der Waals surface area contributed by atoms with Crippen molar-refractivity contribution in [2.24, 2.45) is 0 Å². The van der Waals surface area contributed by atoms with E-state index in [0.717, 1.165) is 44.7 Å². The number of fused-ring (bicyclic) bond motifs is 1. The van der Waals surface area contributed by atoms with Gasteiger partial charge in [0.15, 0.2) is 0 Å². The maximum atomic E-state index is 9.36. The Labute approximate surface area is 158 Å². The van der Waals surface area contributed by atoms with Crippen molar-refractivity contribution in [1.29, 1.82) is 5.26 Å². The molecule has 0 fully saturated rings. The largest absolute Gasteiger partial charge is 0.497 e. The summed E-state index contributed by atoms with van der Waals surface area (Å²) in [5.41, 5.74) is 12.7. The van der Waals surface area contributed by atoms with Gasteiger partial charge in [0.05, 0.1) is 24.3 Å². The molecule has 4 rings (SSSR count). The molecule has 0 spiro atoms. The number of nitrogens with zero attached hydrogens (tertiary/aromatic N) is 2. The molecule has 1 heterocycles. The molecular formula is C23H19N3O. The van der Waals surface area contributed by atoms with Crippen molar-refractivity contribution in [3.8, 4) is 28.6 Å². The number of nitrogens with two attached hydrogens (primary N) is 1. The average Bonchev–Trinajstić information content (AvgIpc) is 3.08. The zero-order valence-electron chi connectivity index (χ0n) is 15.2. The number of anilines is 1. The Morgan fingerprint density at radius 2 is 1.81 bits per heavy atom. The Kier molecular flexibility index (Phi) is 4.06. The first-order chi connectivity index (χ1) is 13.1. The molecular weight excluding hydrogens is 334 g/mol. The minimum atomic E-state index is 0.633. The van der Waals surface area contributed by atoms with E-state index in [1.54, 1.807) is 7.11 Å². The Bertz CT molecular complexity index is 1200. The molecule has 0 unspecified atom stereocenters. The topological polar surface area (TPSA) is 64.0 Å². The van der Waals surface area contributed by atoms with Gasteiger partial charge in [-0.1, -0.05) is 18.2 Å². The van der Waals surface area contributed by atoms with E-state index < -0.39 is 0 Å². The van der Waals surface area contributed by atoms with Gasteiger partial charge < -0.3 is 15.0 Å². The van der Waals surface area contributed by atoms with Crippen LogP contribution in [-0.4, -0.2) is 11.7 Å². The fourth-order valence-electron chi connectivity index (χ4n) is 3.43. The molecule has 0 saturated heterocycles. The highest BCUT2D eigenvalue weighted by molar-refractivity contribution is 5.99. The predicted molar refractivity (Wildman–Crippen MR) is 109 cm³/mol. The second kappa shape index (κ2) is 6.54. The highest BCUT2D eigenvalue weighted by Crippen LogP contribution is 2.36. The summed E-state index contributed by atoms with van der Waals surface area (Å²) in [5, 5.41) is 10.4. The quantitative estimate of drug-likeness (QED) is 0.523. The van der Waals surface area contributed by atoms with Crippen LogP contribution < -0.4 is 10.5 Å². The monoisotopic (exact) mass is 353 g/mol. The molecule has 0 bridgehead atoms. The van der Waals surface area contributed by atoms with Crippen LogP contribution in [0.5, 0.6) is 5.75 Å². The molecule has 4 heteroatoms. The van der Waals surface area contributed by atoms with Crippen LogP contribution in [-0.2, 0) is 0 Å². The first-order valence-electron chi connectivity index (χ1n) is 8.67. The summed E-state index contributed by atoms with van der Waals surface area (Å²) >= 11 is 0. The third kappa shape index (κ3) is 2.80. The van der Waals surface area contributed by atoms with Crippen molar-refractivity contribution >= 4 is 16.6 Å². The summed E-state index contributed by atoms with van der Waals surface area (Å²) in [6.45, 7) is 2.02. The third-order valence-electron chi connectivity index (χ3n) is 4.93. The van der Waals surface area contributed by atoms with E-state index in [9.17, 15) is 5.26 Å². The second-order valence-corrected chi connectivity index (χ2v) is 6.48. The number of rotatable bonds is 3. The number of nitrogen functional groups attached to an aromatic ring is 1. The molecule has 27 heavy (non-hydrogen) atoms. The van der Waals surface area contributed by atoms with Crippen LogP contribution in [0.2, 0.25) is 0 Å². The molecule has 4 aromatic rings. The minimum Gasteiger partial charge on any atom is -0.497 e. The van der Waals surface area contributed by atoms with Gasteiger partial charge in [0, 0.05) is 34.6 Å². The normalized spacial score (nSPS) is 10.7. The lowest BCUT2D eigenvalue weighted by Gasteiger charge is -2.08. The molecule has 0 saturated carbocycles. The van der Waals surface area contributed by atoms with E-state index in [4.69, 9.17) is 10.5 Å². The van der Waals surface area contributed by atoms with Gasteiger partial charge >= 0.3 is 0 Å². The van der Waals surface area contributed by atoms with Crippen molar-refractivity contribution < 1.29 is 4.74 Å². The van der Waals surface area contributed by atoms with Gasteiger partial charge in [-0.2, -0.15) is 5.26 Å². The van der Waals surface area contributed by atoms with Crippen LogP contribution in [0.3, 0.4) is 0 Å². The van der Waals surface area contributed by atoms with Crippen molar-refractivity contribution in [3.63, 3.8) is 0 Å². The molecule has 0 aliphatic heterocycles. The highest BCUT2D eigenvalue weighted by Gasteiger charge is 2.15. The van der Waals surface area contributed by atoms with Crippen LogP contribution in [0.25, 0.3) is 27.7 Å². The molecule has 0 radical (unpaired) electrons. The average molecular weight is 353 g/mol. The number of ether oxygens (including phenoxy) is 1. The molecule has 4 nitrogen and oxygen atoms in total. The van der Waals surface area contributed by atoms with Gasteiger partial charge in [0.25, 0.3) is 0 Å². The maximum absolute atomic E-state index is 9.36. The number of aromatic nitrogens is 1.